The van der Waals surface area contributed by atoms with Crippen molar-refractivity contribution in [2.75, 3.05) is 5.32 Å². The lowest BCUT2D eigenvalue weighted by Crippen LogP contribution is -2.15. The normalized spacial score (nSPS) is 10.9. The molecule has 1 amide bonds. The molecule has 0 aromatic carbocycles. The van der Waals surface area contributed by atoms with Crippen LogP contribution >= 0.6 is 0 Å². The summed E-state index contributed by atoms with van der Waals surface area (Å²) in [6.45, 7) is 7.88. The van der Waals surface area contributed by atoms with E-state index in [1.165, 1.54) is 6.33 Å². The Morgan fingerprint density at radius 1 is 1.44 bits per heavy atom. The Morgan fingerprint density at radius 3 is 2.67 bits per heavy atom. The van der Waals surface area contributed by atoms with E-state index >= 15 is 0 Å². The van der Waals surface area contributed by atoms with Crippen molar-refractivity contribution in [3.8, 4) is 0 Å². The summed E-state index contributed by atoms with van der Waals surface area (Å²) < 4.78 is 1.88. The number of nitrogens with zero attached hydrogens (tertiary/aromatic N) is 4. The molecule has 2 aromatic heterocycles. The number of rotatable bonds is 3. The first-order chi connectivity index (χ1) is 8.50. The second-order valence-electron chi connectivity index (χ2n) is 4.37. The van der Waals surface area contributed by atoms with Crippen LogP contribution < -0.4 is 5.32 Å². The quantitative estimate of drug-likeness (QED) is 0.860. The summed E-state index contributed by atoms with van der Waals surface area (Å²) in [5.74, 6) is -0.131. The SMILES string of the molecule is Cc1nn(C(C)C)c(C)c1NC(=O)c1ncn[nH]1. The Bertz CT molecular complexity index is 554. The third-order valence-electron chi connectivity index (χ3n) is 2.68. The van der Waals surface area contributed by atoms with E-state index in [2.05, 4.69) is 25.6 Å². The van der Waals surface area contributed by atoms with Crippen LogP contribution in [0.15, 0.2) is 6.33 Å². The van der Waals surface area contributed by atoms with Gasteiger partial charge in [0.1, 0.15) is 6.33 Å². The maximum absolute atomic E-state index is 11.9. The molecule has 0 aliphatic heterocycles. The predicted molar refractivity (Wildman–Crippen MR) is 66.4 cm³/mol. The van der Waals surface area contributed by atoms with E-state index in [9.17, 15) is 4.79 Å². The zero-order valence-electron chi connectivity index (χ0n) is 10.9. The molecule has 2 rings (SSSR count). The molecule has 0 unspecified atom stereocenters. The molecule has 0 saturated carbocycles. The van der Waals surface area contributed by atoms with Crippen LogP contribution in [0.3, 0.4) is 0 Å². The number of anilines is 1. The first kappa shape index (κ1) is 12.3. The molecule has 0 spiro atoms. The van der Waals surface area contributed by atoms with Gasteiger partial charge in [-0.2, -0.15) is 10.2 Å². The fraction of sp³-hybridized carbons (Fsp3) is 0.455. The lowest BCUT2D eigenvalue weighted by atomic mass is 10.3. The minimum Gasteiger partial charge on any atom is -0.316 e. The van der Waals surface area contributed by atoms with Gasteiger partial charge in [0, 0.05) is 6.04 Å². The largest absolute Gasteiger partial charge is 0.316 e. The summed E-state index contributed by atoms with van der Waals surface area (Å²) in [5, 5.41) is 13.4. The van der Waals surface area contributed by atoms with Crippen LogP contribution in [0.25, 0.3) is 0 Å². The van der Waals surface area contributed by atoms with Crippen LogP contribution in [0.2, 0.25) is 0 Å². The average Bonchev–Trinajstić information content (AvgIpc) is 2.92. The molecule has 7 heteroatoms. The zero-order valence-corrected chi connectivity index (χ0v) is 10.9. The van der Waals surface area contributed by atoms with Gasteiger partial charge in [0.15, 0.2) is 0 Å². The third-order valence-corrected chi connectivity index (χ3v) is 2.68. The molecule has 2 N–H and O–H groups in total. The van der Waals surface area contributed by atoms with Crippen molar-refractivity contribution in [3.63, 3.8) is 0 Å². The summed E-state index contributed by atoms with van der Waals surface area (Å²) in [4.78, 5) is 15.7. The summed E-state index contributed by atoms with van der Waals surface area (Å²) in [5.41, 5.74) is 2.44. The summed E-state index contributed by atoms with van der Waals surface area (Å²) in [6, 6.07) is 0.250. The number of aromatic nitrogens is 5. The van der Waals surface area contributed by atoms with Gasteiger partial charge in [0.05, 0.1) is 17.1 Å². The number of aryl methyl sites for hydroxylation is 1. The van der Waals surface area contributed by atoms with Gasteiger partial charge >= 0.3 is 0 Å². The second kappa shape index (κ2) is 4.59. The number of hydrogen-bond donors (Lipinski definition) is 2. The predicted octanol–water partition coefficient (Wildman–Crippen LogP) is 1.45. The molecule has 0 bridgehead atoms. The highest BCUT2D eigenvalue weighted by Gasteiger charge is 2.17. The fourth-order valence-electron chi connectivity index (χ4n) is 1.83. The van der Waals surface area contributed by atoms with Gasteiger partial charge in [-0.15, -0.1) is 0 Å². The standard InChI is InChI=1S/C11H16N6O/c1-6(2)17-8(4)9(7(3)16-17)14-11(18)10-12-5-13-15-10/h5-6H,1-4H3,(H,14,18)(H,12,13,15). The van der Waals surface area contributed by atoms with Crippen LogP contribution in [0.1, 0.15) is 41.9 Å². The smallest absolute Gasteiger partial charge is 0.293 e. The van der Waals surface area contributed by atoms with Crippen molar-refractivity contribution in [2.45, 2.75) is 33.7 Å². The molecule has 96 valence electrons. The molecular formula is C11H16N6O. The molecule has 0 fully saturated rings. The monoisotopic (exact) mass is 248 g/mol. The third kappa shape index (κ3) is 2.11. The molecule has 0 aliphatic carbocycles. The number of amides is 1. The van der Waals surface area contributed by atoms with Crippen LogP contribution in [0, 0.1) is 13.8 Å². The minimum absolute atomic E-state index is 0.186. The van der Waals surface area contributed by atoms with E-state index in [1.54, 1.807) is 0 Å². The van der Waals surface area contributed by atoms with E-state index in [4.69, 9.17) is 0 Å². The lowest BCUT2D eigenvalue weighted by molar-refractivity contribution is 0.101. The highest BCUT2D eigenvalue weighted by Crippen LogP contribution is 2.22. The number of carbonyl (C=O) groups excluding carboxylic acids is 1. The molecule has 0 radical (unpaired) electrons. The number of aromatic amines is 1. The van der Waals surface area contributed by atoms with Crippen molar-refractivity contribution in [1.82, 2.24) is 25.0 Å². The molecule has 0 atom stereocenters. The van der Waals surface area contributed by atoms with E-state index in [0.717, 1.165) is 17.1 Å². The second-order valence-corrected chi connectivity index (χ2v) is 4.37. The van der Waals surface area contributed by atoms with Crippen LogP contribution in [0.4, 0.5) is 5.69 Å². The molecule has 18 heavy (non-hydrogen) atoms. The molecular weight excluding hydrogens is 232 g/mol. The molecule has 2 aromatic rings. The van der Waals surface area contributed by atoms with Gasteiger partial charge in [-0.05, 0) is 27.7 Å². The lowest BCUT2D eigenvalue weighted by Gasteiger charge is -2.08. The van der Waals surface area contributed by atoms with Gasteiger partial charge in [0.25, 0.3) is 5.91 Å². The number of hydrogen-bond acceptors (Lipinski definition) is 4. The van der Waals surface area contributed by atoms with Crippen molar-refractivity contribution in [2.24, 2.45) is 0 Å². The first-order valence-corrected chi connectivity index (χ1v) is 5.73. The number of carbonyl (C=O) groups is 1. The van der Waals surface area contributed by atoms with E-state index in [1.807, 2.05) is 32.4 Å². The molecule has 7 nitrogen and oxygen atoms in total. The highest BCUT2D eigenvalue weighted by atomic mass is 16.2. The Kier molecular flexibility index (Phi) is 3.14. The first-order valence-electron chi connectivity index (χ1n) is 5.73. The summed E-state index contributed by atoms with van der Waals surface area (Å²) in [7, 11) is 0. The Morgan fingerprint density at radius 2 is 2.17 bits per heavy atom. The van der Waals surface area contributed by atoms with Gasteiger partial charge in [-0.3, -0.25) is 14.6 Å². The van der Waals surface area contributed by atoms with Crippen LogP contribution in [-0.4, -0.2) is 30.9 Å². The number of nitrogens with one attached hydrogen (secondary N) is 2. The summed E-state index contributed by atoms with van der Waals surface area (Å²) >= 11 is 0. The topological polar surface area (TPSA) is 88.5 Å². The highest BCUT2D eigenvalue weighted by molar-refractivity contribution is 6.02. The van der Waals surface area contributed by atoms with Crippen molar-refractivity contribution < 1.29 is 4.79 Å². The van der Waals surface area contributed by atoms with Crippen molar-refractivity contribution in [3.05, 3.63) is 23.5 Å². The Hall–Kier alpha value is -2.18. The molecule has 0 aliphatic rings. The van der Waals surface area contributed by atoms with Crippen LogP contribution in [0.5, 0.6) is 0 Å². The Labute approximate surface area is 105 Å². The van der Waals surface area contributed by atoms with Gasteiger partial charge in [-0.1, -0.05) is 0 Å². The maximum atomic E-state index is 11.9. The van der Waals surface area contributed by atoms with Crippen molar-refractivity contribution in [1.29, 1.82) is 0 Å². The fourth-order valence-corrected chi connectivity index (χ4v) is 1.83. The minimum atomic E-state index is -0.318. The van der Waals surface area contributed by atoms with Crippen LogP contribution in [-0.2, 0) is 0 Å². The number of H-pyrrole nitrogens is 1. The summed E-state index contributed by atoms with van der Waals surface area (Å²) in [6.07, 6.45) is 1.30. The van der Waals surface area contributed by atoms with Gasteiger partial charge < -0.3 is 5.32 Å². The Balaban J connectivity index is 2.27. The van der Waals surface area contributed by atoms with E-state index < -0.39 is 0 Å². The molecule has 0 saturated heterocycles. The van der Waals surface area contributed by atoms with E-state index in [-0.39, 0.29) is 17.8 Å². The van der Waals surface area contributed by atoms with Gasteiger partial charge in [0.2, 0.25) is 5.82 Å². The average molecular weight is 248 g/mol. The van der Waals surface area contributed by atoms with Crippen molar-refractivity contribution >= 4 is 11.6 Å². The van der Waals surface area contributed by atoms with Gasteiger partial charge in [-0.25, -0.2) is 4.98 Å². The zero-order chi connectivity index (χ0) is 13.3. The van der Waals surface area contributed by atoms with E-state index in [0.29, 0.717) is 0 Å². The molecule has 2 heterocycles. The maximum Gasteiger partial charge on any atom is 0.293 e.